The molecule has 2 aromatic carbocycles. The van der Waals surface area contributed by atoms with Gasteiger partial charge in [-0.25, -0.2) is 0 Å². The molecule has 0 aliphatic carbocycles. The predicted molar refractivity (Wildman–Crippen MR) is 99.3 cm³/mol. The third-order valence-corrected chi connectivity index (χ3v) is 4.04. The predicted octanol–water partition coefficient (Wildman–Crippen LogP) is 2.69. The summed E-state index contributed by atoms with van der Waals surface area (Å²) in [7, 11) is 0. The molecule has 0 aliphatic heterocycles. The zero-order valence-corrected chi connectivity index (χ0v) is 14.8. The molecule has 0 aliphatic rings. The van der Waals surface area contributed by atoms with Gasteiger partial charge in [-0.1, -0.05) is 18.2 Å². The van der Waals surface area contributed by atoms with E-state index in [-0.39, 0.29) is 31.2 Å². The molecule has 2 rings (SSSR count). The molecular weight excluding hydrogens is 332 g/mol. The first kappa shape index (κ1) is 19.2. The maximum absolute atomic E-state index is 12.3. The lowest BCUT2D eigenvalue weighted by Gasteiger charge is -2.10. The quantitative estimate of drug-likeness (QED) is 0.712. The van der Waals surface area contributed by atoms with Crippen molar-refractivity contribution in [1.29, 1.82) is 0 Å². The van der Waals surface area contributed by atoms with Gasteiger partial charge in [0.15, 0.2) is 0 Å². The van der Waals surface area contributed by atoms with Gasteiger partial charge in [-0.15, -0.1) is 0 Å². The Labute approximate surface area is 152 Å². The van der Waals surface area contributed by atoms with Crippen LogP contribution in [0.3, 0.4) is 0 Å². The Balaban J connectivity index is 1.93. The van der Waals surface area contributed by atoms with Gasteiger partial charge in [0.1, 0.15) is 0 Å². The first-order valence-electron chi connectivity index (χ1n) is 8.32. The lowest BCUT2D eigenvalue weighted by molar-refractivity contribution is -0.136. The molecule has 0 atom stereocenters. The maximum Gasteiger partial charge on any atom is 0.305 e. The Morgan fingerprint density at radius 1 is 0.962 bits per heavy atom. The van der Waals surface area contributed by atoms with Crippen LogP contribution < -0.4 is 10.6 Å². The van der Waals surface area contributed by atoms with Crippen molar-refractivity contribution < 1.29 is 19.5 Å². The Morgan fingerprint density at radius 2 is 1.58 bits per heavy atom. The van der Waals surface area contributed by atoms with Crippen molar-refractivity contribution in [2.24, 2.45) is 0 Å². The van der Waals surface area contributed by atoms with E-state index in [4.69, 9.17) is 5.11 Å². The summed E-state index contributed by atoms with van der Waals surface area (Å²) in [6.45, 7) is 4.03. The summed E-state index contributed by atoms with van der Waals surface area (Å²) in [6.07, 6.45) is 0.161. The second-order valence-electron chi connectivity index (χ2n) is 6.07. The van der Waals surface area contributed by atoms with Crippen LogP contribution in [0.15, 0.2) is 42.5 Å². The number of amides is 2. The summed E-state index contributed by atoms with van der Waals surface area (Å²) >= 11 is 0. The molecule has 0 fully saturated rings. The molecule has 0 radical (unpaired) electrons. The van der Waals surface area contributed by atoms with E-state index < -0.39 is 5.97 Å². The van der Waals surface area contributed by atoms with Gasteiger partial charge in [-0.05, 0) is 54.8 Å². The van der Waals surface area contributed by atoms with Crippen LogP contribution in [0.2, 0.25) is 0 Å². The number of aliphatic carboxylic acids is 1. The van der Waals surface area contributed by atoms with Crippen molar-refractivity contribution in [2.75, 3.05) is 11.9 Å². The minimum absolute atomic E-state index is 0.0719. The van der Waals surface area contributed by atoms with Gasteiger partial charge < -0.3 is 15.7 Å². The summed E-state index contributed by atoms with van der Waals surface area (Å²) < 4.78 is 0. The van der Waals surface area contributed by atoms with Gasteiger partial charge in [0.05, 0.1) is 12.8 Å². The van der Waals surface area contributed by atoms with Crippen LogP contribution in [-0.2, 0) is 16.0 Å². The fraction of sp³-hybridized carbons (Fsp3) is 0.250. The van der Waals surface area contributed by atoms with E-state index in [2.05, 4.69) is 10.6 Å². The smallest absolute Gasteiger partial charge is 0.305 e. The minimum atomic E-state index is -0.966. The maximum atomic E-state index is 12.3. The molecule has 0 saturated heterocycles. The summed E-state index contributed by atoms with van der Waals surface area (Å²) in [4.78, 5) is 34.6. The number of hydrogen-bond acceptors (Lipinski definition) is 3. The molecule has 0 saturated carbocycles. The van der Waals surface area contributed by atoms with Crippen molar-refractivity contribution in [2.45, 2.75) is 26.7 Å². The number of benzene rings is 2. The molecule has 2 amide bonds. The molecule has 0 aromatic heterocycles. The number of aryl methyl sites for hydroxylation is 2. The van der Waals surface area contributed by atoms with E-state index in [1.54, 1.807) is 24.3 Å². The number of carbonyl (C=O) groups is 3. The highest BCUT2D eigenvalue weighted by atomic mass is 16.4. The van der Waals surface area contributed by atoms with Gasteiger partial charge >= 0.3 is 5.97 Å². The molecule has 0 unspecified atom stereocenters. The van der Waals surface area contributed by atoms with Crippen molar-refractivity contribution >= 4 is 23.5 Å². The molecule has 6 heteroatoms. The second-order valence-corrected chi connectivity index (χ2v) is 6.07. The van der Waals surface area contributed by atoms with Crippen LogP contribution in [0.25, 0.3) is 0 Å². The Morgan fingerprint density at radius 3 is 2.15 bits per heavy atom. The normalized spacial score (nSPS) is 10.2. The van der Waals surface area contributed by atoms with E-state index in [9.17, 15) is 14.4 Å². The molecule has 3 N–H and O–H groups in total. The Kier molecular flexibility index (Phi) is 6.49. The van der Waals surface area contributed by atoms with E-state index in [0.717, 1.165) is 16.7 Å². The van der Waals surface area contributed by atoms with E-state index in [1.807, 2.05) is 32.0 Å². The summed E-state index contributed by atoms with van der Waals surface area (Å²) in [5.41, 5.74) is 4.17. The molecule has 0 heterocycles. The average Bonchev–Trinajstić information content (AvgIpc) is 2.58. The summed E-state index contributed by atoms with van der Waals surface area (Å²) in [6, 6.07) is 12.4. The number of rotatable bonds is 7. The monoisotopic (exact) mass is 354 g/mol. The summed E-state index contributed by atoms with van der Waals surface area (Å²) in [5, 5.41) is 13.9. The standard InChI is InChI=1S/C20H22N2O4/c1-13-4-3-5-14(2)17(13)12-18(23)22-16-8-6-15(7-9-16)20(26)21-11-10-19(24)25/h3-9H,10-12H2,1-2H3,(H,21,26)(H,22,23)(H,24,25). The number of hydrogen-bond donors (Lipinski definition) is 3. The highest BCUT2D eigenvalue weighted by Gasteiger charge is 2.10. The number of anilines is 1. The van der Waals surface area contributed by atoms with Crippen molar-refractivity contribution in [3.05, 3.63) is 64.7 Å². The molecule has 136 valence electrons. The number of carbonyl (C=O) groups excluding carboxylic acids is 2. The zero-order valence-electron chi connectivity index (χ0n) is 14.8. The van der Waals surface area contributed by atoms with E-state index >= 15 is 0 Å². The van der Waals surface area contributed by atoms with Crippen molar-refractivity contribution in [1.82, 2.24) is 5.32 Å². The first-order chi connectivity index (χ1) is 12.4. The average molecular weight is 354 g/mol. The number of carboxylic acids is 1. The molecular formula is C20H22N2O4. The van der Waals surface area contributed by atoms with Crippen LogP contribution in [0.5, 0.6) is 0 Å². The highest BCUT2D eigenvalue weighted by Crippen LogP contribution is 2.15. The van der Waals surface area contributed by atoms with Gasteiger partial charge in [0.2, 0.25) is 5.91 Å². The molecule has 6 nitrogen and oxygen atoms in total. The van der Waals surface area contributed by atoms with Gasteiger partial charge in [-0.3, -0.25) is 14.4 Å². The highest BCUT2D eigenvalue weighted by molar-refractivity contribution is 5.96. The molecule has 2 aromatic rings. The second kappa shape index (κ2) is 8.80. The van der Waals surface area contributed by atoms with Gasteiger partial charge in [0, 0.05) is 17.8 Å². The van der Waals surface area contributed by atoms with Crippen LogP contribution in [0.1, 0.15) is 33.5 Å². The van der Waals surface area contributed by atoms with Gasteiger partial charge in [-0.2, -0.15) is 0 Å². The Hall–Kier alpha value is -3.15. The lowest BCUT2D eigenvalue weighted by Crippen LogP contribution is -2.26. The van der Waals surface area contributed by atoms with Crippen molar-refractivity contribution in [3.63, 3.8) is 0 Å². The zero-order chi connectivity index (χ0) is 19.1. The van der Waals surface area contributed by atoms with Gasteiger partial charge in [0.25, 0.3) is 5.91 Å². The minimum Gasteiger partial charge on any atom is -0.481 e. The lowest BCUT2D eigenvalue weighted by atomic mass is 10.00. The van der Waals surface area contributed by atoms with Crippen LogP contribution in [0, 0.1) is 13.8 Å². The third-order valence-electron chi connectivity index (χ3n) is 4.04. The first-order valence-corrected chi connectivity index (χ1v) is 8.32. The fourth-order valence-corrected chi connectivity index (χ4v) is 2.58. The van der Waals surface area contributed by atoms with Crippen LogP contribution in [-0.4, -0.2) is 29.4 Å². The molecule has 0 spiro atoms. The van der Waals surface area contributed by atoms with Crippen LogP contribution in [0.4, 0.5) is 5.69 Å². The largest absolute Gasteiger partial charge is 0.481 e. The Bertz CT molecular complexity index is 793. The molecule has 0 bridgehead atoms. The van der Waals surface area contributed by atoms with Crippen LogP contribution >= 0.6 is 0 Å². The van der Waals surface area contributed by atoms with E-state index in [1.165, 1.54) is 0 Å². The number of nitrogens with one attached hydrogen (secondary N) is 2. The molecule has 26 heavy (non-hydrogen) atoms. The van der Waals surface area contributed by atoms with Crippen molar-refractivity contribution in [3.8, 4) is 0 Å². The number of carboxylic acid groups (broad SMARTS) is 1. The summed E-state index contributed by atoms with van der Waals surface area (Å²) in [5.74, 6) is -1.44. The SMILES string of the molecule is Cc1cccc(C)c1CC(=O)Nc1ccc(C(=O)NCCC(=O)O)cc1. The topological polar surface area (TPSA) is 95.5 Å². The fourth-order valence-electron chi connectivity index (χ4n) is 2.58. The third kappa shape index (κ3) is 5.44. The van der Waals surface area contributed by atoms with E-state index in [0.29, 0.717) is 11.3 Å².